The summed E-state index contributed by atoms with van der Waals surface area (Å²) in [7, 11) is 0. The lowest BCUT2D eigenvalue weighted by Crippen LogP contribution is -1.91. The molecule has 0 unspecified atom stereocenters. The number of para-hydroxylation sites is 1. The Hall–Kier alpha value is -3.79. The van der Waals surface area contributed by atoms with Crippen LogP contribution in [-0.4, -0.2) is 15.0 Å². The molecule has 0 spiro atoms. The summed E-state index contributed by atoms with van der Waals surface area (Å²) in [6, 6.07) is 20.9. The topological polar surface area (TPSA) is 51.8 Å². The van der Waals surface area contributed by atoms with Crippen LogP contribution >= 0.6 is 0 Å². The number of aryl methyl sites for hydroxylation is 2. The number of furan rings is 1. The van der Waals surface area contributed by atoms with Crippen LogP contribution < -0.4 is 0 Å². The summed E-state index contributed by atoms with van der Waals surface area (Å²) in [5.41, 5.74) is 6.43. The van der Waals surface area contributed by atoms with Gasteiger partial charge in [-0.3, -0.25) is 0 Å². The van der Waals surface area contributed by atoms with Crippen molar-refractivity contribution in [3.8, 4) is 11.3 Å². The van der Waals surface area contributed by atoms with Gasteiger partial charge in [-0.25, -0.2) is 15.0 Å². The molecule has 0 amide bonds. The molecule has 29 heavy (non-hydrogen) atoms. The van der Waals surface area contributed by atoms with Gasteiger partial charge in [-0.1, -0.05) is 42.0 Å². The molecule has 3 heterocycles. The Bertz CT molecular complexity index is 1580. The smallest absolute Gasteiger partial charge is 0.227 e. The van der Waals surface area contributed by atoms with Gasteiger partial charge in [0.15, 0.2) is 0 Å². The monoisotopic (exact) mass is 375 g/mol. The van der Waals surface area contributed by atoms with E-state index in [-0.39, 0.29) is 0 Å². The highest BCUT2D eigenvalue weighted by atomic mass is 16.3. The number of rotatable bonds is 1. The fourth-order valence-corrected chi connectivity index (χ4v) is 4.15. The van der Waals surface area contributed by atoms with Crippen LogP contribution in [-0.2, 0) is 0 Å². The van der Waals surface area contributed by atoms with Gasteiger partial charge < -0.3 is 4.42 Å². The van der Waals surface area contributed by atoms with Crippen LogP contribution in [0.5, 0.6) is 0 Å². The summed E-state index contributed by atoms with van der Waals surface area (Å²) in [5.74, 6) is 0. The Morgan fingerprint density at radius 1 is 0.759 bits per heavy atom. The molecule has 0 N–H and O–H groups in total. The molecule has 0 bridgehead atoms. The second-order valence-electron chi connectivity index (χ2n) is 7.50. The van der Waals surface area contributed by atoms with E-state index in [1.165, 1.54) is 10.9 Å². The van der Waals surface area contributed by atoms with Gasteiger partial charge in [-0.15, -0.1) is 0 Å². The van der Waals surface area contributed by atoms with Crippen LogP contribution in [0, 0.1) is 13.8 Å². The number of benzene rings is 3. The van der Waals surface area contributed by atoms with Crippen molar-refractivity contribution in [2.45, 2.75) is 13.8 Å². The fraction of sp³-hybridized carbons (Fsp3) is 0.0800. The van der Waals surface area contributed by atoms with Crippen LogP contribution in [0.1, 0.15) is 11.3 Å². The standard InChI is InChI=1S/C25H17N3O/c1-14-6-9-17-16(12-14)8-11-20-22(17)26-13-27-23(20)21-5-3-4-18-19-10-7-15(2)28-25(19)29-24(18)21/h3-13H,1-2H3. The highest BCUT2D eigenvalue weighted by molar-refractivity contribution is 6.13. The molecule has 4 heteroatoms. The van der Waals surface area contributed by atoms with Crippen molar-refractivity contribution in [3.05, 3.63) is 78.2 Å². The molecular weight excluding hydrogens is 358 g/mol. The van der Waals surface area contributed by atoms with E-state index in [1.807, 2.05) is 19.1 Å². The molecule has 0 aliphatic carbocycles. The van der Waals surface area contributed by atoms with E-state index in [1.54, 1.807) is 6.33 Å². The predicted molar refractivity (Wildman–Crippen MR) is 117 cm³/mol. The van der Waals surface area contributed by atoms with Gasteiger partial charge in [0.05, 0.1) is 11.2 Å². The first-order valence-electron chi connectivity index (χ1n) is 9.62. The molecule has 138 valence electrons. The molecule has 6 aromatic rings. The third-order valence-corrected chi connectivity index (χ3v) is 5.53. The molecule has 4 nitrogen and oxygen atoms in total. The summed E-state index contributed by atoms with van der Waals surface area (Å²) >= 11 is 0. The number of nitrogens with zero attached hydrogens (tertiary/aromatic N) is 3. The van der Waals surface area contributed by atoms with E-state index in [0.717, 1.165) is 49.6 Å². The van der Waals surface area contributed by atoms with Crippen LogP contribution in [0.2, 0.25) is 0 Å². The molecule has 0 radical (unpaired) electrons. The lowest BCUT2D eigenvalue weighted by molar-refractivity contribution is 0.653. The Morgan fingerprint density at radius 2 is 1.62 bits per heavy atom. The summed E-state index contributed by atoms with van der Waals surface area (Å²) in [6.07, 6.45) is 1.64. The van der Waals surface area contributed by atoms with Crippen LogP contribution in [0.25, 0.3) is 55.0 Å². The van der Waals surface area contributed by atoms with E-state index in [4.69, 9.17) is 4.42 Å². The average molecular weight is 375 g/mol. The molecule has 6 rings (SSSR count). The van der Waals surface area contributed by atoms with Crippen molar-refractivity contribution < 1.29 is 4.42 Å². The normalized spacial score (nSPS) is 11.8. The summed E-state index contributed by atoms with van der Waals surface area (Å²) in [6.45, 7) is 4.07. The Balaban J connectivity index is 1.71. The quantitative estimate of drug-likeness (QED) is 0.314. The molecule has 0 atom stereocenters. The zero-order chi connectivity index (χ0) is 19.5. The van der Waals surface area contributed by atoms with Gasteiger partial charge in [-0.2, -0.15) is 0 Å². The second-order valence-corrected chi connectivity index (χ2v) is 7.50. The summed E-state index contributed by atoms with van der Waals surface area (Å²) in [4.78, 5) is 13.8. The first kappa shape index (κ1) is 16.2. The number of hydrogen-bond acceptors (Lipinski definition) is 4. The van der Waals surface area contributed by atoms with Gasteiger partial charge in [-0.05, 0) is 43.5 Å². The number of aromatic nitrogens is 3. The zero-order valence-corrected chi connectivity index (χ0v) is 16.1. The molecule has 0 saturated carbocycles. The van der Waals surface area contributed by atoms with E-state index < -0.39 is 0 Å². The Labute approximate surface area is 166 Å². The van der Waals surface area contributed by atoms with E-state index in [0.29, 0.717) is 5.71 Å². The molecular formula is C25H17N3O. The zero-order valence-electron chi connectivity index (χ0n) is 16.1. The van der Waals surface area contributed by atoms with Crippen molar-refractivity contribution >= 4 is 43.7 Å². The minimum Gasteiger partial charge on any atom is -0.437 e. The van der Waals surface area contributed by atoms with Gasteiger partial charge in [0.2, 0.25) is 5.71 Å². The molecule has 3 aromatic carbocycles. The lowest BCUT2D eigenvalue weighted by Gasteiger charge is -2.08. The van der Waals surface area contributed by atoms with Crippen molar-refractivity contribution in [2.24, 2.45) is 0 Å². The minimum absolute atomic E-state index is 0.659. The Kier molecular flexibility index (Phi) is 3.27. The summed E-state index contributed by atoms with van der Waals surface area (Å²) in [5, 5.41) is 5.40. The van der Waals surface area contributed by atoms with Crippen molar-refractivity contribution in [1.29, 1.82) is 0 Å². The molecule has 0 aliphatic heterocycles. The van der Waals surface area contributed by atoms with Crippen LogP contribution in [0.15, 0.2) is 71.4 Å². The number of fused-ring (bicyclic) bond motifs is 6. The van der Waals surface area contributed by atoms with Crippen LogP contribution in [0.4, 0.5) is 0 Å². The fourth-order valence-electron chi connectivity index (χ4n) is 4.15. The number of hydrogen-bond donors (Lipinski definition) is 0. The van der Waals surface area contributed by atoms with Gasteiger partial charge in [0.1, 0.15) is 11.9 Å². The maximum atomic E-state index is 6.20. The van der Waals surface area contributed by atoms with Gasteiger partial charge >= 0.3 is 0 Å². The van der Waals surface area contributed by atoms with Crippen molar-refractivity contribution in [1.82, 2.24) is 15.0 Å². The highest BCUT2D eigenvalue weighted by Crippen LogP contribution is 2.37. The number of pyridine rings is 1. The Morgan fingerprint density at radius 3 is 2.55 bits per heavy atom. The van der Waals surface area contributed by atoms with Gasteiger partial charge in [0.25, 0.3) is 0 Å². The third kappa shape index (κ3) is 2.36. The SMILES string of the molecule is Cc1ccc2c(ccc3c(-c4cccc5c4oc4nc(C)ccc45)ncnc32)c1. The van der Waals surface area contributed by atoms with E-state index in [2.05, 4.69) is 70.4 Å². The second kappa shape index (κ2) is 5.85. The summed E-state index contributed by atoms with van der Waals surface area (Å²) < 4.78 is 6.20. The minimum atomic E-state index is 0.659. The molecule has 3 aromatic heterocycles. The van der Waals surface area contributed by atoms with E-state index >= 15 is 0 Å². The molecule has 0 saturated heterocycles. The lowest BCUT2D eigenvalue weighted by atomic mass is 9.99. The first-order chi connectivity index (χ1) is 14.2. The highest BCUT2D eigenvalue weighted by Gasteiger charge is 2.16. The molecule has 0 fully saturated rings. The van der Waals surface area contributed by atoms with Crippen LogP contribution in [0.3, 0.4) is 0 Å². The largest absolute Gasteiger partial charge is 0.437 e. The van der Waals surface area contributed by atoms with Crippen molar-refractivity contribution in [2.75, 3.05) is 0 Å². The van der Waals surface area contributed by atoms with Crippen molar-refractivity contribution in [3.63, 3.8) is 0 Å². The van der Waals surface area contributed by atoms with E-state index in [9.17, 15) is 0 Å². The third-order valence-electron chi connectivity index (χ3n) is 5.53. The maximum Gasteiger partial charge on any atom is 0.227 e. The van der Waals surface area contributed by atoms with Gasteiger partial charge in [0, 0.05) is 32.8 Å². The predicted octanol–water partition coefficient (Wildman–Crippen LogP) is 6.36. The first-order valence-corrected chi connectivity index (χ1v) is 9.62. The molecule has 0 aliphatic rings. The maximum absolute atomic E-state index is 6.20. The average Bonchev–Trinajstić information content (AvgIpc) is 3.10.